The molecule has 2 fully saturated rings. The van der Waals surface area contributed by atoms with Gasteiger partial charge in [-0.25, -0.2) is 34.5 Å². The van der Waals surface area contributed by atoms with Gasteiger partial charge in [0.1, 0.15) is 60.3 Å². The Kier molecular flexibility index (Phi) is 7.06. The number of nitrogens with zero attached hydrogens (tertiary/aromatic N) is 8. The Labute approximate surface area is 228 Å². The molecule has 6 rings (SSSR count). The second kappa shape index (κ2) is 10.4. The summed E-state index contributed by atoms with van der Waals surface area (Å²) in [4.78, 5) is 34.4. The number of nitrogen functional groups attached to an aromatic ring is 2. The number of rotatable bonds is 8. The number of fused-ring (bicyclic) bond motifs is 2. The van der Waals surface area contributed by atoms with E-state index in [2.05, 4.69) is 29.9 Å². The van der Waals surface area contributed by atoms with Gasteiger partial charge in [-0.05, 0) is 0 Å². The summed E-state index contributed by atoms with van der Waals surface area (Å²) in [5.74, 6) is 0.184. The predicted molar refractivity (Wildman–Crippen MR) is 133 cm³/mol. The standard InChI is InChI=1S/C20H25N10O10P/c21-15-9-17(25-3-23-15)29(5-27-9)19-12(33)11(32)8(39-19)2-37-41(35,36)40-14-7(1-31)38-20(13(14)34)30-6-28-10-16(22)24-4-26-18(10)30/h3-8,11-14,19-20,31-34H,1-2H2,(H,35,36)(H2,21,23,25)(H2,22,24,26)/t7-,8+,11+,12+,13-,14-,19+,20-/m0/s1. The zero-order valence-corrected chi connectivity index (χ0v) is 21.7. The van der Waals surface area contributed by atoms with E-state index in [1.807, 2.05) is 0 Å². The first-order valence-corrected chi connectivity index (χ1v) is 13.6. The van der Waals surface area contributed by atoms with Crippen molar-refractivity contribution in [3.63, 3.8) is 0 Å². The fraction of sp³-hybridized carbons (Fsp3) is 0.500. The second-order valence-electron chi connectivity index (χ2n) is 9.28. The molecule has 0 spiro atoms. The highest BCUT2D eigenvalue weighted by Gasteiger charge is 2.50. The quantitative estimate of drug-likeness (QED) is 0.101. The molecule has 20 nitrogen and oxygen atoms in total. The lowest BCUT2D eigenvalue weighted by Gasteiger charge is -2.23. The fourth-order valence-electron chi connectivity index (χ4n) is 4.79. The Hall–Kier alpha value is -3.43. The topological polar surface area (TPSA) is 294 Å². The molecule has 2 aliphatic heterocycles. The van der Waals surface area contributed by atoms with Crippen LogP contribution in [-0.2, 0) is 23.1 Å². The highest BCUT2D eigenvalue weighted by atomic mass is 31.2. The molecule has 21 heteroatoms. The van der Waals surface area contributed by atoms with E-state index in [-0.39, 0.29) is 34.0 Å². The molecule has 9 N–H and O–H groups in total. The van der Waals surface area contributed by atoms with Crippen molar-refractivity contribution in [3.8, 4) is 0 Å². The van der Waals surface area contributed by atoms with Crippen LogP contribution in [0.3, 0.4) is 0 Å². The molecular formula is C20H25N10O10P. The number of hydrogen-bond donors (Lipinski definition) is 7. The molecule has 0 amide bonds. The molecule has 1 unspecified atom stereocenters. The Morgan fingerprint density at radius 2 is 1.37 bits per heavy atom. The third-order valence-electron chi connectivity index (χ3n) is 6.81. The maximum Gasteiger partial charge on any atom is 0.472 e. The van der Waals surface area contributed by atoms with Crippen molar-refractivity contribution >= 4 is 41.8 Å². The van der Waals surface area contributed by atoms with Crippen LogP contribution in [0.1, 0.15) is 12.5 Å². The smallest absolute Gasteiger partial charge is 0.394 e. The number of imidazole rings is 2. The summed E-state index contributed by atoms with van der Waals surface area (Å²) in [6, 6.07) is 0. The maximum atomic E-state index is 12.9. The molecule has 0 aromatic carbocycles. The van der Waals surface area contributed by atoms with Crippen LogP contribution >= 0.6 is 7.82 Å². The second-order valence-corrected chi connectivity index (χ2v) is 10.7. The van der Waals surface area contributed by atoms with Crippen LogP contribution in [0.2, 0.25) is 0 Å². The zero-order chi connectivity index (χ0) is 29.1. The molecule has 0 aliphatic carbocycles. The van der Waals surface area contributed by atoms with Gasteiger partial charge in [-0.1, -0.05) is 0 Å². The highest BCUT2D eigenvalue weighted by Crippen LogP contribution is 2.49. The van der Waals surface area contributed by atoms with Crippen molar-refractivity contribution in [3.05, 3.63) is 25.3 Å². The number of aliphatic hydroxyl groups is 4. The molecule has 0 saturated carbocycles. The van der Waals surface area contributed by atoms with Crippen LogP contribution in [0, 0.1) is 0 Å². The minimum absolute atomic E-state index is 0.0864. The average Bonchev–Trinajstić information content (AvgIpc) is 3.70. The lowest BCUT2D eigenvalue weighted by molar-refractivity contribution is -0.0585. The summed E-state index contributed by atoms with van der Waals surface area (Å²) in [5, 5.41) is 41.8. The summed E-state index contributed by atoms with van der Waals surface area (Å²) in [7, 11) is -4.96. The Balaban J connectivity index is 1.14. The highest BCUT2D eigenvalue weighted by molar-refractivity contribution is 7.47. The van der Waals surface area contributed by atoms with Gasteiger partial charge in [-0.2, -0.15) is 0 Å². The first-order chi connectivity index (χ1) is 19.6. The van der Waals surface area contributed by atoms with Gasteiger partial charge in [0.15, 0.2) is 35.4 Å². The lowest BCUT2D eigenvalue weighted by Crippen LogP contribution is -2.36. The van der Waals surface area contributed by atoms with Gasteiger partial charge >= 0.3 is 7.82 Å². The molecule has 0 bridgehead atoms. The Bertz CT molecular complexity index is 1620. The summed E-state index contributed by atoms with van der Waals surface area (Å²) in [6.45, 7) is -1.39. The van der Waals surface area contributed by atoms with Gasteiger partial charge < -0.3 is 46.3 Å². The van der Waals surface area contributed by atoms with E-state index < -0.39 is 70.1 Å². The average molecular weight is 596 g/mol. The first-order valence-electron chi connectivity index (χ1n) is 12.1. The number of hydrogen-bond acceptors (Lipinski definition) is 17. The van der Waals surface area contributed by atoms with E-state index in [9.17, 15) is 29.9 Å². The molecular weight excluding hydrogens is 571 g/mol. The summed E-state index contributed by atoms with van der Waals surface area (Å²) in [5.41, 5.74) is 12.5. The van der Waals surface area contributed by atoms with E-state index in [0.717, 1.165) is 0 Å². The van der Waals surface area contributed by atoms with E-state index in [1.54, 1.807) is 0 Å². The number of phosphoric acid groups is 1. The number of anilines is 2. The third-order valence-corrected chi connectivity index (χ3v) is 7.79. The monoisotopic (exact) mass is 596 g/mol. The van der Waals surface area contributed by atoms with Crippen LogP contribution in [0.15, 0.2) is 25.3 Å². The largest absolute Gasteiger partial charge is 0.472 e. The molecule has 4 aromatic heterocycles. The van der Waals surface area contributed by atoms with E-state index in [4.69, 9.17) is 30.0 Å². The predicted octanol–water partition coefficient (Wildman–Crippen LogP) is -2.80. The molecule has 41 heavy (non-hydrogen) atoms. The molecule has 2 aliphatic rings. The molecule has 4 aromatic rings. The van der Waals surface area contributed by atoms with E-state index >= 15 is 0 Å². The van der Waals surface area contributed by atoms with Crippen molar-refractivity contribution in [1.29, 1.82) is 0 Å². The minimum Gasteiger partial charge on any atom is -0.394 e. The zero-order valence-electron chi connectivity index (χ0n) is 20.8. The van der Waals surface area contributed by atoms with E-state index in [1.165, 1.54) is 34.4 Å². The van der Waals surface area contributed by atoms with Gasteiger partial charge in [-0.15, -0.1) is 0 Å². The molecule has 6 heterocycles. The van der Waals surface area contributed by atoms with Crippen molar-refractivity contribution in [2.45, 2.75) is 49.1 Å². The fourth-order valence-corrected chi connectivity index (χ4v) is 5.75. The summed E-state index contributed by atoms with van der Waals surface area (Å²) >= 11 is 0. The van der Waals surface area contributed by atoms with Crippen LogP contribution in [0.4, 0.5) is 11.6 Å². The number of phosphoric ester groups is 1. The summed E-state index contributed by atoms with van der Waals surface area (Å²) < 4.78 is 37.1. The van der Waals surface area contributed by atoms with Crippen LogP contribution < -0.4 is 11.5 Å². The molecule has 9 atom stereocenters. The normalized spacial score (nSPS) is 31.7. The van der Waals surface area contributed by atoms with Crippen LogP contribution in [0.25, 0.3) is 22.3 Å². The van der Waals surface area contributed by atoms with Crippen molar-refractivity contribution < 1.29 is 48.4 Å². The number of ether oxygens (including phenoxy) is 2. The SMILES string of the molecule is Nc1ncnc2c1ncn2[C@@H]1O[C@H](COP(=O)(O)O[C@@H]2[C@H](O)[C@@H](n3cnc4c(N)ncnc43)O[C@H]2CO)[C@@H](O)[C@H]1O. The van der Waals surface area contributed by atoms with Gasteiger partial charge in [0.2, 0.25) is 0 Å². The Morgan fingerprint density at radius 1 is 0.829 bits per heavy atom. The van der Waals surface area contributed by atoms with Gasteiger partial charge in [0.05, 0.1) is 25.9 Å². The third kappa shape index (κ3) is 4.78. The Morgan fingerprint density at radius 3 is 1.93 bits per heavy atom. The van der Waals surface area contributed by atoms with E-state index in [0.29, 0.717) is 0 Å². The lowest BCUT2D eigenvalue weighted by atomic mass is 10.1. The van der Waals surface area contributed by atoms with Gasteiger partial charge in [0, 0.05) is 0 Å². The van der Waals surface area contributed by atoms with Crippen LogP contribution in [-0.4, -0.2) is 114 Å². The van der Waals surface area contributed by atoms with Gasteiger partial charge in [0.25, 0.3) is 0 Å². The number of aliphatic hydroxyl groups excluding tert-OH is 4. The van der Waals surface area contributed by atoms with Crippen molar-refractivity contribution in [2.24, 2.45) is 0 Å². The van der Waals surface area contributed by atoms with Crippen molar-refractivity contribution in [2.75, 3.05) is 24.7 Å². The molecule has 2 saturated heterocycles. The number of aromatic nitrogens is 8. The minimum atomic E-state index is -4.96. The summed E-state index contributed by atoms with van der Waals surface area (Å²) in [6.07, 6.45) is -6.18. The van der Waals surface area contributed by atoms with Gasteiger partial charge in [-0.3, -0.25) is 18.2 Å². The van der Waals surface area contributed by atoms with Crippen molar-refractivity contribution in [1.82, 2.24) is 39.0 Å². The maximum absolute atomic E-state index is 12.9. The first kappa shape index (κ1) is 27.7. The molecule has 0 radical (unpaired) electrons. The number of nitrogens with two attached hydrogens (primary N) is 2. The molecule has 220 valence electrons. The van der Waals surface area contributed by atoms with Crippen LogP contribution in [0.5, 0.6) is 0 Å².